The molecule has 0 aliphatic carbocycles. The highest BCUT2D eigenvalue weighted by Gasteiger charge is 2.20. The van der Waals surface area contributed by atoms with Gasteiger partial charge in [0.1, 0.15) is 5.82 Å². The van der Waals surface area contributed by atoms with E-state index in [1.807, 2.05) is 66.1 Å². The number of hydrogen-bond donors (Lipinski definition) is 0. The third kappa shape index (κ3) is 2.29. The fourth-order valence-electron chi connectivity index (χ4n) is 2.44. The van der Waals surface area contributed by atoms with Crippen molar-refractivity contribution in [2.24, 2.45) is 0 Å². The van der Waals surface area contributed by atoms with E-state index in [0.717, 1.165) is 23.4 Å². The van der Waals surface area contributed by atoms with Gasteiger partial charge in [-0.05, 0) is 24.3 Å². The maximum absolute atomic E-state index is 12.7. The van der Waals surface area contributed by atoms with E-state index < -0.39 is 0 Å². The molecule has 2 aromatic heterocycles. The zero-order valence-electron chi connectivity index (χ0n) is 12.2. The van der Waals surface area contributed by atoms with Crippen molar-refractivity contribution in [3.05, 3.63) is 66.2 Å². The Labute approximate surface area is 123 Å². The Bertz CT molecular complexity index is 777. The molecule has 0 saturated heterocycles. The summed E-state index contributed by atoms with van der Waals surface area (Å²) in [5.74, 6) is 0.806. The van der Waals surface area contributed by atoms with E-state index in [9.17, 15) is 4.79 Å². The van der Waals surface area contributed by atoms with Gasteiger partial charge in [-0.3, -0.25) is 4.79 Å². The second-order valence-electron chi connectivity index (χ2n) is 4.89. The molecule has 0 aliphatic rings. The number of aryl methyl sites for hydroxylation is 1. The number of imidazole rings is 1. The Kier molecular flexibility index (Phi) is 3.44. The van der Waals surface area contributed by atoms with Crippen molar-refractivity contribution in [2.75, 3.05) is 11.9 Å². The second-order valence-corrected chi connectivity index (χ2v) is 4.89. The molecule has 2 heterocycles. The molecular formula is C17H17N3O. The summed E-state index contributed by atoms with van der Waals surface area (Å²) in [6, 6.07) is 15.4. The van der Waals surface area contributed by atoms with Crippen molar-refractivity contribution in [1.29, 1.82) is 0 Å². The lowest BCUT2D eigenvalue weighted by Crippen LogP contribution is -2.26. The maximum Gasteiger partial charge on any atom is 0.278 e. The lowest BCUT2D eigenvalue weighted by molar-refractivity contribution is 0.0990. The molecular weight excluding hydrogens is 262 g/mol. The molecule has 0 aliphatic heterocycles. The van der Waals surface area contributed by atoms with E-state index in [0.29, 0.717) is 5.69 Å². The van der Waals surface area contributed by atoms with Crippen LogP contribution in [-0.4, -0.2) is 22.3 Å². The van der Waals surface area contributed by atoms with Crippen molar-refractivity contribution >= 4 is 17.1 Å². The smallest absolute Gasteiger partial charge is 0.278 e. The zero-order chi connectivity index (χ0) is 14.8. The topological polar surface area (TPSA) is 37.6 Å². The van der Waals surface area contributed by atoms with Gasteiger partial charge in [0.15, 0.2) is 5.69 Å². The number of carbonyl (C=O) groups is 1. The molecule has 1 aromatic carbocycles. The van der Waals surface area contributed by atoms with Crippen LogP contribution in [0.5, 0.6) is 0 Å². The quantitative estimate of drug-likeness (QED) is 0.738. The molecule has 0 spiro atoms. The number of fused-ring (bicyclic) bond motifs is 1. The number of amides is 1. The number of nitrogens with zero attached hydrogens (tertiary/aromatic N) is 3. The summed E-state index contributed by atoms with van der Waals surface area (Å²) in [7, 11) is 1.78. The summed E-state index contributed by atoms with van der Waals surface area (Å²) in [6.45, 7) is 2.04. The summed E-state index contributed by atoms with van der Waals surface area (Å²) < 4.78 is 1.98. The highest BCUT2D eigenvalue weighted by molar-refractivity contribution is 6.08. The molecule has 21 heavy (non-hydrogen) atoms. The molecule has 4 nitrogen and oxygen atoms in total. The van der Waals surface area contributed by atoms with Crippen LogP contribution in [0.25, 0.3) is 5.52 Å². The first-order chi connectivity index (χ1) is 10.2. The van der Waals surface area contributed by atoms with Crippen molar-refractivity contribution in [3.8, 4) is 0 Å². The lowest BCUT2D eigenvalue weighted by atomic mass is 10.2. The molecule has 0 N–H and O–H groups in total. The van der Waals surface area contributed by atoms with Gasteiger partial charge in [-0.2, -0.15) is 0 Å². The van der Waals surface area contributed by atoms with Gasteiger partial charge >= 0.3 is 0 Å². The number of anilines is 1. The molecule has 0 bridgehead atoms. The van der Waals surface area contributed by atoms with Crippen molar-refractivity contribution in [3.63, 3.8) is 0 Å². The van der Waals surface area contributed by atoms with Crippen LogP contribution in [-0.2, 0) is 6.42 Å². The Morgan fingerprint density at radius 3 is 2.57 bits per heavy atom. The molecule has 0 unspecified atom stereocenters. The first kappa shape index (κ1) is 13.4. The first-order valence-corrected chi connectivity index (χ1v) is 7.01. The monoisotopic (exact) mass is 279 g/mol. The number of pyridine rings is 1. The van der Waals surface area contributed by atoms with E-state index >= 15 is 0 Å². The van der Waals surface area contributed by atoms with E-state index in [1.54, 1.807) is 11.9 Å². The Morgan fingerprint density at radius 2 is 1.86 bits per heavy atom. The van der Waals surface area contributed by atoms with Crippen molar-refractivity contribution in [1.82, 2.24) is 9.38 Å². The molecule has 3 aromatic rings. The van der Waals surface area contributed by atoms with Crippen LogP contribution in [0.2, 0.25) is 0 Å². The van der Waals surface area contributed by atoms with E-state index in [1.165, 1.54) is 0 Å². The first-order valence-electron chi connectivity index (χ1n) is 7.01. The number of benzene rings is 1. The number of rotatable bonds is 3. The van der Waals surface area contributed by atoms with Gasteiger partial charge in [0.2, 0.25) is 0 Å². The molecule has 3 rings (SSSR count). The van der Waals surface area contributed by atoms with Gasteiger partial charge in [-0.1, -0.05) is 31.2 Å². The Balaban J connectivity index is 2.06. The number of para-hydroxylation sites is 1. The van der Waals surface area contributed by atoms with Crippen LogP contribution in [0.4, 0.5) is 5.69 Å². The van der Waals surface area contributed by atoms with Gasteiger partial charge in [0.05, 0.1) is 5.52 Å². The van der Waals surface area contributed by atoms with Crippen LogP contribution >= 0.6 is 0 Å². The molecule has 0 radical (unpaired) electrons. The molecule has 1 amide bonds. The van der Waals surface area contributed by atoms with Crippen molar-refractivity contribution in [2.45, 2.75) is 13.3 Å². The minimum absolute atomic E-state index is 0.0930. The summed E-state index contributed by atoms with van der Waals surface area (Å²) in [6.07, 6.45) is 2.73. The third-order valence-corrected chi connectivity index (χ3v) is 3.59. The number of hydrogen-bond acceptors (Lipinski definition) is 2. The predicted molar refractivity (Wildman–Crippen MR) is 83.7 cm³/mol. The van der Waals surface area contributed by atoms with Gasteiger partial charge in [-0.25, -0.2) is 4.98 Å². The van der Waals surface area contributed by atoms with Crippen LogP contribution in [0, 0.1) is 0 Å². The SMILES string of the molecule is CCc1nc(C(=O)N(C)c2ccccc2)c2ccccn12. The van der Waals surface area contributed by atoms with Crippen LogP contribution in [0.15, 0.2) is 54.7 Å². The Hall–Kier alpha value is -2.62. The molecule has 0 atom stereocenters. The van der Waals surface area contributed by atoms with Crippen LogP contribution in [0.3, 0.4) is 0 Å². The normalized spacial score (nSPS) is 10.8. The van der Waals surface area contributed by atoms with E-state index in [2.05, 4.69) is 4.98 Å². The molecule has 0 saturated carbocycles. The third-order valence-electron chi connectivity index (χ3n) is 3.59. The summed E-state index contributed by atoms with van der Waals surface area (Å²) in [4.78, 5) is 18.9. The highest BCUT2D eigenvalue weighted by atomic mass is 16.2. The van der Waals surface area contributed by atoms with Gasteiger partial charge in [0, 0.05) is 25.4 Å². The van der Waals surface area contributed by atoms with Gasteiger partial charge < -0.3 is 9.30 Å². The summed E-state index contributed by atoms with van der Waals surface area (Å²) in [5.41, 5.74) is 2.21. The minimum atomic E-state index is -0.0930. The fraction of sp³-hybridized carbons (Fsp3) is 0.176. The maximum atomic E-state index is 12.7. The highest BCUT2D eigenvalue weighted by Crippen LogP contribution is 2.19. The van der Waals surface area contributed by atoms with Crippen LogP contribution < -0.4 is 4.90 Å². The lowest BCUT2D eigenvalue weighted by Gasteiger charge is -2.16. The second kappa shape index (κ2) is 5.40. The van der Waals surface area contributed by atoms with E-state index in [4.69, 9.17) is 0 Å². The standard InChI is InChI=1S/C17H17N3O/c1-3-15-18-16(14-11-7-8-12-20(14)15)17(21)19(2)13-9-5-4-6-10-13/h4-12H,3H2,1-2H3. The average molecular weight is 279 g/mol. The largest absolute Gasteiger partial charge is 0.310 e. The van der Waals surface area contributed by atoms with Crippen molar-refractivity contribution < 1.29 is 4.79 Å². The molecule has 106 valence electrons. The fourth-order valence-corrected chi connectivity index (χ4v) is 2.44. The summed E-state index contributed by atoms with van der Waals surface area (Å²) >= 11 is 0. The van der Waals surface area contributed by atoms with Crippen LogP contribution in [0.1, 0.15) is 23.2 Å². The number of carbonyl (C=O) groups excluding carboxylic acids is 1. The minimum Gasteiger partial charge on any atom is -0.310 e. The predicted octanol–water partition coefficient (Wildman–Crippen LogP) is 3.17. The number of aromatic nitrogens is 2. The average Bonchev–Trinajstić information content (AvgIpc) is 2.93. The molecule has 4 heteroatoms. The van der Waals surface area contributed by atoms with E-state index in [-0.39, 0.29) is 5.91 Å². The van der Waals surface area contributed by atoms with Gasteiger partial charge in [0.25, 0.3) is 5.91 Å². The summed E-state index contributed by atoms with van der Waals surface area (Å²) in [5, 5.41) is 0. The zero-order valence-corrected chi connectivity index (χ0v) is 12.2. The molecule has 0 fully saturated rings. The Morgan fingerprint density at radius 1 is 1.14 bits per heavy atom. The van der Waals surface area contributed by atoms with Gasteiger partial charge in [-0.15, -0.1) is 0 Å².